The van der Waals surface area contributed by atoms with Crippen LogP contribution >= 0.6 is 22.6 Å². The zero-order valence-electron chi connectivity index (χ0n) is 12.7. The Hall–Kier alpha value is 0.0800. The first-order valence-corrected chi connectivity index (χ1v) is 10.0. The maximum atomic E-state index is 11.9. The minimum absolute atomic E-state index is 0. The summed E-state index contributed by atoms with van der Waals surface area (Å²) in [5, 5.41) is 10.5. The largest absolute Gasteiger partial charge is 1.00 e. The molecule has 2 aliphatic rings. The van der Waals surface area contributed by atoms with Gasteiger partial charge in [-0.3, -0.25) is 14.3 Å². The monoisotopic (exact) mass is 461 g/mol. The van der Waals surface area contributed by atoms with Crippen LogP contribution in [0.25, 0.3) is 11.2 Å². The molecule has 4 heterocycles. The van der Waals surface area contributed by atoms with E-state index in [4.69, 9.17) is 19.5 Å². The molecule has 0 radical (unpaired) electrons. The average Bonchev–Trinajstić information content (AvgIpc) is 2.96. The van der Waals surface area contributed by atoms with E-state index in [1.165, 1.54) is 4.57 Å². The van der Waals surface area contributed by atoms with Crippen LogP contribution in [0.2, 0.25) is 0 Å². The quantitative estimate of drug-likeness (QED) is 0.215. The Balaban J connectivity index is 0.00000182. The SMILES string of the molecule is Nc1nc2c(nc(Br)n2[C@@H]2O[C@@H]3COP([O-])(=S)O[C@@H]3[C@H]2O)c(=O)[nH]1.[Na+]. The van der Waals surface area contributed by atoms with Crippen molar-refractivity contribution in [3.8, 4) is 0 Å². The van der Waals surface area contributed by atoms with Crippen LogP contribution in [0.4, 0.5) is 5.95 Å². The molecule has 2 aromatic rings. The Morgan fingerprint density at radius 2 is 2.24 bits per heavy atom. The Morgan fingerprint density at radius 3 is 2.96 bits per heavy atom. The molecular weight excluding hydrogens is 452 g/mol. The number of imidazole rings is 1. The predicted molar refractivity (Wildman–Crippen MR) is 85.3 cm³/mol. The van der Waals surface area contributed by atoms with Crippen LogP contribution in [0.1, 0.15) is 6.23 Å². The van der Waals surface area contributed by atoms with Crippen molar-refractivity contribution < 1.29 is 53.3 Å². The number of nitrogens with one attached hydrogen (secondary N) is 1. The summed E-state index contributed by atoms with van der Waals surface area (Å²) in [7, 11) is 0. The van der Waals surface area contributed by atoms with Crippen molar-refractivity contribution in [2.45, 2.75) is 24.5 Å². The summed E-state index contributed by atoms with van der Waals surface area (Å²) in [6.45, 7) is -3.74. The minimum atomic E-state index is -3.66. The van der Waals surface area contributed by atoms with Crippen LogP contribution in [0.15, 0.2) is 9.53 Å². The van der Waals surface area contributed by atoms with Crippen molar-refractivity contribution in [2.75, 3.05) is 12.3 Å². The van der Waals surface area contributed by atoms with Crippen LogP contribution in [-0.2, 0) is 25.6 Å². The van der Waals surface area contributed by atoms with E-state index >= 15 is 0 Å². The van der Waals surface area contributed by atoms with E-state index in [1.807, 2.05) is 0 Å². The van der Waals surface area contributed by atoms with Crippen molar-refractivity contribution in [1.82, 2.24) is 19.5 Å². The molecule has 11 nitrogen and oxygen atoms in total. The molecule has 0 bridgehead atoms. The Labute approximate surface area is 175 Å². The molecule has 25 heavy (non-hydrogen) atoms. The predicted octanol–water partition coefficient (Wildman–Crippen LogP) is -4.27. The van der Waals surface area contributed by atoms with Crippen LogP contribution in [0.5, 0.6) is 0 Å². The van der Waals surface area contributed by atoms with Gasteiger partial charge in [-0.25, -0.2) is 4.98 Å². The second kappa shape index (κ2) is 6.91. The fourth-order valence-electron chi connectivity index (χ4n) is 2.74. The molecule has 4 rings (SSSR count). The van der Waals surface area contributed by atoms with E-state index < -0.39 is 36.8 Å². The fraction of sp³-hybridized carbons (Fsp3) is 0.500. The molecule has 0 saturated carbocycles. The molecule has 0 aliphatic carbocycles. The number of fused-ring (bicyclic) bond motifs is 2. The number of nitrogens with zero attached hydrogens (tertiary/aromatic N) is 3. The van der Waals surface area contributed by atoms with Gasteiger partial charge in [0, 0.05) is 0 Å². The molecule has 0 aromatic carbocycles. The van der Waals surface area contributed by atoms with Crippen LogP contribution in [0, 0.1) is 0 Å². The number of nitrogens with two attached hydrogens (primary N) is 1. The third-order valence-corrected chi connectivity index (χ3v) is 5.84. The standard InChI is InChI=1S/C10H11BrN5O6PS.Na/c11-9-13-3-6(14-10(12)15-7(3)18)16(9)8-4(17)5-2(21-8)1-20-23(19,24)22-5;/h2,4-5,8,17H,1H2,(H,19,24)(H3,12,14,15,18);/q;+1/p-1/t2-,4-,5+,8-,23?;/m1./s1. The van der Waals surface area contributed by atoms with E-state index in [0.29, 0.717) is 0 Å². The van der Waals surface area contributed by atoms with Gasteiger partial charge in [0.15, 0.2) is 22.1 Å². The minimum Gasteiger partial charge on any atom is -0.780 e. The summed E-state index contributed by atoms with van der Waals surface area (Å²) in [5.41, 5.74) is 5.18. The number of anilines is 1. The van der Waals surface area contributed by atoms with Gasteiger partial charge < -0.3 is 29.5 Å². The maximum Gasteiger partial charge on any atom is 1.00 e. The molecule has 2 aromatic heterocycles. The topological polar surface area (TPSA) is 161 Å². The van der Waals surface area contributed by atoms with Crippen molar-refractivity contribution in [2.24, 2.45) is 0 Å². The van der Waals surface area contributed by atoms with E-state index in [1.54, 1.807) is 0 Å². The number of aromatic amines is 1. The number of hydrogen-bond acceptors (Lipinski definition) is 10. The molecule has 2 saturated heterocycles. The van der Waals surface area contributed by atoms with E-state index in [0.717, 1.165) is 0 Å². The van der Waals surface area contributed by atoms with Gasteiger partial charge in [0.1, 0.15) is 25.0 Å². The van der Waals surface area contributed by atoms with Crippen LogP contribution < -0.4 is 45.7 Å². The van der Waals surface area contributed by atoms with Crippen molar-refractivity contribution in [3.63, 3.8) is 0 Å². The van der Waals surface area contributed by atoms with Gasteiger partial charge in [-0.1, -0.05) is 11.8 Å². The number of aliphatic hydroxyl groups excluding tert-OH is 1. The number of rotatable bonds is 1. The van der Waals surface area contributed by atoms with E-state index in [-0.39, 0.29) is 58.0 Å². The number of aliphatic hydroxyl groups is 1. The van der Waals surface area contributed by atoms with Crippen molar-refractivity contribution >= 4 is 51.6 Å². The molecule has 0 amide bonds. The number of H-pyrrole nitrogens is 1. The van der Waals surface area contributed by atoms with Gasteiger partial charge in [0.2, 0.25) is 5.95 Å². The summed E-state index contributed by atoms with van der Waals surface area (Å²) in [5.74, 6) is -0.110. The molecular formula is C10H10BrN5NaO6PS. The first kappa shape index (κ1) is 19.8. The summed E-state index contributed by atoms with van der Waals surface area (Å²) < 4.78 is 17.4. The van der Waals surface area contributed by atoms with Crippen molar-refractivity contribution in [1.29, 1.82) is 0 Å². The van der Waals surface area contributed by atoms with Gasteiger partial charge in [-0.15, -0.1) is 0 Å². The Bertz CT molecular complexity index is 940. The number of ether oxygens (including phenoxy) is 1. The van der Waals surface area contributed by atoms with Crippen LogP contribution in [-0.4, -0.2) is 49.5 Å². The third kappa shape index (κ3) is 3.36. The first-order valence-electron chi connectivity index (χ1n) is 6.67. The van der Waals surface area contributed by atoms with Gasteiger partial charge in [-0.05, 0) is 15.9 Å². The summed E-state index contributed by atoms with van der Waals surface area (Å²) in [6, 6.07) is 0. The van der Waals surface area contributed by atoms with Gasteiger partial charge in [0.25, 0.3) is 5.56 Å². The second-order valence-electron chi connectivity index (χ2n) is 5.24. The summed E-state index contributed by atoms with van der Waals surface area (Å²) in [4.78, 5) is 34.1. The molecule has 15 heteroatoms. The molecule has 4 N–H and O–H groups in total. The van der Waals surface area contributed by atoms with Gasteiger partial charge in [0.05, 0.1) is 6.61 Å². The molecule has 2 aliphatic heterocycles. The third-order valence-electron chi connectivity index (χ3n) is 3.74. The van der Waals surface area contributed by atoms with Crippen molar-refractivity contribution in [3.05, 3.63) is 15.1 Å². The smallest absolute Gasteiger partial charge is 0.780 e. The summed E-state index contributed by atoms with van der Waals surface area (Å²) in [6.07, 6.45) is -3.86. The average molecular weight is 462 g/mol. The maximum absolute atomic E-state index is 11.9. The molecule has 1 unspecified atom stereocenters. The van der Waals surface area contributed by atoms with E-state index in [2.05, 4.69) is 42.7 Å². The number of hydrogen-bond donors (Lipinski definition) is 3. The Morgan fingerprint density at radius 1 is 1.52 bits per heavy atom. The van der Waals surface area contributed by atoms with Gasteiger partial charge >= 0.3 is 29.6 Å². The molecule has 130 valence electrons. The normalized spacial score (nSPS) is 34.7. The van der Waals surface area contributed by atoms with Gasteiger partial charge in [-0.2, -0.15) is 4.98 Å². The number of aromatic nitrogens is 4. The number of nitrogen functional groups attached to an aromatic ring is 1. The number of halogens is 1. The molecule has 5 atom stereocenters. The van der Waals surface area contributed by atoms with Crippen LogP contribution in [0.3, 0.4) is 0 Å². The summed E-state index contributed by atoms with van der Waals surface area (Å²) >= 11 is 7.90. The fourth-order valence-corrected chi connectivity index (χ4v) is 4.72. The second-order valence-corrected chi connectivity index (χ2v) is 8.66. The zero-order valence-corrected chi connectivity index (χ0v) is 18.0. The Kier molecular flexibility index (Phi) is 5.48. The molecule has 0 spiro atoms. The van der Waals surface area contributed by atoms with E-state index in [9.17, 15) is 14.8 Å². The molecule has 2 fully saturated rings. The first-order chi connectivity index (χ1) is 11.3. The zero-order chi connectivity index (χ0) is 17.2.